The monoisotopic (exact) mass is 386 g/mol. The van der Waals surface area contributed by atoms with Crippen LogP contribution in [-0.4, -0.2) is 29.9 Å². The summed E-state index contributed by atoms with van der Waals surface area (Å²) < 4.78 is 6.66. The second kappa shape index (κ2) is 6.22. The van der Waals surface area contributed by atoms with Gasteiger partial charge in [0.15, 0.2) is 5.76 Å². The molecule has 1 aromatic carbocycles. The van der Waals surface area contributed by atoms with Crippen molar-refractivity contribution in [2.24, 2.45) is 11.1 Å². The zero-order valence-corrected chi connectivity index (χ0v) is 15.0. The Kier molecular flexibility index (Phi) is 4.90. The third kappa shape index (κ3) is 3.16. The minimum Gasteiger partial charge on any atom is -0.451 e. The van der Waals surface area contributed by atoms with Gasteiger partial charge in [0.1, 0.15) is 5.58 Å². The minimum atomic E-state index is -0.0665. The molecule has 1 atom stereocenters. The number of hydrogen-bond donors (Lipinski definition) is 1. The lowest BCUT2D eigenvalue weighted by molar-refractivity contribution is 0.0505. The lowest BCUT2D eigenvalue weighted by Gasteiger charge is -2.42. The van der Waals surface area contributed by atoms with E-state index in [4.69, 9.17) is 10.2 Å². The molecule has 1 saturated heterocycles. The first-order valence-corrected chi connectivity index (χ1v) is 7.90. The van der Waals surface area contributed by atoms with Gasteiger partial charge in [-0.1, -0.05) is 29.8 Å². The molecule has 22 heavy (non-hydrogen) atoms. The van der Waals surface area contributed by atoms with Crippen LogP contribution >= 0.6 is 28.3 Å². The van der Waals surface area contributed by atoms with E-state index in [2.05, 4.69) is 29.8 Å². The molecule has 1 aliphatic rings. The van der Waals surface area contributed by atoms with Gasteiger partial charge in [0.2, 0.25) is 0 Å². The molecule has 0 spiro atoms. The fourth-order valence-electron chi connectivity index (χ4n) is 2.82. The van der Waals surface area contributed by atoms with Crippen LogP contribution in [0.1, 0.15) is 30.8 Å². The molecule has 1 unspecified atom stereocenters. The van der Waals surface area contributed by atoms with Crippen molar-refractivity contribution < 1.29 is 9.21 Å². The Morgan fingerprint density at radius 1 is 1.41 bits per heavy atom. The summed E-state index contributed by atoms with van der Waals surface area (Å²) in [7, 11) is 0. The second-order valence-electron chi connectivity index (χ2n) is 6.40. The van der Waals surface area contributed by atoms with Crippen LogP contribution in [0.4, 0.5) is 0 Å². The van der Waals surface area contributed by atoms with Crippen molar-refractivity contribution in [1.82, 2.24) is 4.90 Å². The van der Waals surface area contributed by atoms with Gasteiger partial charge in [-0.2, -0.15) is 0 Å². The number of piperidine rings is 1. The second-order valence-corrected chi connectivity index (χ2v) is 7.32. The molecule has 120 valence electrons. The van der Waals surface area contributed by atoms with Crippen LogP contribution in [-0.2, 0) is 0 Å². The molecule has 1 aromatic heterocycles. The van der Waals surface area contributed by atoms with Crippen molar-refractivity contribution in [3.8, 4) is 0 Å². The molecule has 2 heterocycles. The number of rotatable bonds is 1. The van der Waals surface area contributed by atoms with Gasteiger partial charge >= 0.3 is 0 Å². The summed E-state index contributed by atoms with van der Waals surface area (Å²) in [5, 5.41) is 0.931. The van der Waals surface area contributed by atoms with Crippen molar-refractivity contribution >= 4 is 45.2 Å². The molecule has 0 aliphatic carbocycles. The number of carbonyl (C=O) groups excluding carboxylic acids is 1. The Morgan fingerprint density at radius 2 is 2.14 bits per heavy atom. The Morgan fingerprint density at radius 3 is 2.82 bits per heavy atom. The highest BCUT2D eigenvalue weighted by molar-refractivity contribution is 9.10. The number of carbonyl (C=O) groups is 1. The third-order valence-corrected chi connectivity index (χ3v) is 4.78. The van der Waals surface area contributed by atoms with Gasteiger partial charge in [-0.15, -0.1) is 12.4 Å². The predicted molar refractivity (Wildman–Crippen MR) is 93.4 cm³/mol. The maximum absolute atomic E-state index is 12.6. The van der Waals surface area contributed by atoms with Crippen LogP contribution < -0.4 is 5.73 Å². The van der Waals surface area contributed by atoms with Crippen molar-refractivity contribution in [1.29, 1.82) is 0 Å². The van der Waals surface area contributed by atoms with Gasteiger partial charge in [0, 0.05) is 29.0 Å². The maximum Gasteiger partial charge on any atom is 0.289 e. The quantitative estimate of drug-likeness (QED) is 0.809. The molecule has 4 nitrogen and oxygen atoms in total. The van der Waals surface area contributed by atoms with Gasteiger partial charge in [-0.05, 0) is 36.1 Å². The third-order valence-electron chi connectivity index (χ3n) is 4.29. The summed E-state index contributed by atoms with van der Waals surface area (Å²) in [6, 6.07) is 7.67. The topological polar surface area (TPSA) is 59.5 Å². The Bertz CT molecular complexity index is 699. The van der Waals surface area contributed by atoms with Crippen molar-refractivity contribution in [2.45, 2.75) is 26.3 Å². The van der Waals surface area contributed by atoms with E-state index in [0.29, 0.717) is 18.8 Å². The van der Waals surface area contributed by atoms with E-state index in [1.165, 1.54) is 0 Å². The first-order valence-electron chi connectivity index (χ1n) is 7.11. The lowest BCUT2D eigenvalue weighted by Crippen LogP contribution is -2.53. The molecule has 3 rings (SSSR count). The maximum atomic E-state index is 12.6. The molecule has 0 saturated carbocycles. The van der Waals surface area contributed by atoms with Crippen molar-refractivity contribution in [2.75, 3.05) is 13.1 Å². The summed E-state index contributed by atoms with van der Waals surface area (Å²) in [5.74, 6) is 0.344. The number of amides is 1. The SMILES string of the molecule is CC1(C)CN(C(=O)c2cc3cc(Br)ccc3o2)CCC1N.Cl. The van der Waals surface area contributed by atoms with Gasteiger partial charge in [-0.25, -0.2) is 0 Å². The Balaban J connectivity index is 0.00000176. The minimum absolute atomic E-state index is 0. The standard InChI is InChI=1S/C16H19BrN2O2.ClH/c1-16(2)9-19(6-5-14(16)18)15(20)13-8-10-7-11(17)3-4-12(10)21-13;/h3-4,7-8,14H,5-6,9,18H2,1-2H3;1H. The molecular weight excluding hydrogens is 368 g/mol. The summed E-state index contributed by atoms with van der Waals surface area (Å²) >= 11 is 3.43. The summed E-state index contributed by atoms with van der Waals surface area (Å²) in [5.41, 5.74) is 6.79. The number of nitrogens with two attached hydrogens (primary N) is 1. The highest BCUT2D eigenvalue weighted by Crippen LogP contribution is 2.30. The van der Waals surface area contributed by atoms with E-state index in [0.717, 1.165) is 21.9 Å². The number of halogens is 2. The van der Waals surface area contributed by atoms with Crippen LogP contribution in [0.25, 0.3) is 11.0 Å². The number of nitrogens with zero attached hydrogens (tertiary/aromatic N) is 1. The molecule has 2 aromatic rings. The first-order chi connectivity index (χ1) is 9.87. The molecular formula is C16H20BrClN2O2. The summed E-state index contributed by atoms with van der Waals surface area (Å²) in [4.78, 5) is 14.5. The summed E-state index contributed by atoms with van der Waals surface area (Å²) in [6.07, 6.45) is 0.824. The van der Waals surface area contributed by atoms with Gasteiger partial charge in [0.05, 0.1) is 0 Å². The lowest BCUT2D eigenvalue weighted by atomic mass is 9.79. The molecule has 2 N–H and O–H groups in total. The fourth-order valence-corrected chi connectivity index (χ4v) is 3.20. The van der Waals surface area contributed by atoms with Crippen molar-refractivity contribution in [3.63, 3.8) is 0 Å². The van der Waals surface area contributed by atoms with Crippen LogP contribution in [0, 0.1) is 5.41 Å². The normalized spacial score (nSPS) is 20.7. The Hall–Kier alpha value is -1.04. The number of furan rings is 1. The van der Waals surface area contributed by atoms with Crippen LogP contribution in [0.2, 0.25) is 0 Å². The number of hydrogen-bond acceptors (Lipinski definition) is 3. The zero-order valence-electron chi connectivity index (χ0n) is 12.6. The van der Waals surface area contributed by atoms with Gasteiger partial charge in [-0.3, -0.25) is 4.79 Å². The molecule has 1 fully saturated rings. The van der Waals surface area contributed by atoms with Crippen molar-refractivity contribution in [3.05, 3.63) is 34.5 Å². The van der Waals surface area contributed by atoms with E-state index in [9.17, 15) is 4.79 Å². The molecule has 1 aliphatic heterocycles. The predicted octanol–water partition coefficient (Wildman–Crippen LogP) is 3.82. The molecule has 0 radical (unpaired) electrons. The molecule has 6 heteroatoms. The van der Waals surface area contributed by atoms with Crippen LogP contribution in [0.15, 0.2) is 33.2 Å². The van der Waals surface area contributed by atoms with Gasteiger partial charge < -0.3 is 15.1 Å². The average molecular weight is 388 g/mol. The van der Waals surface area contributed by atoms with Gasteiger partial charge in [0.25, 0.3) is 5.91 Å². The van der Waals surface area contributed by atoms with E-state index < -0.39 is 0 Å². The van der Waals surface area contributed by atoms with E-state index in [1.807, 2.05) is 29.2 Å². The largest absolute Gasteiger partial charge is 0.451 e. The summed E-state index contributed by atoms with van der Waals surface area (Å²) in [6.45, 7) is 5.55. The first kappa shape index (κ1) is 17.3. The fraction of sp³-hybridized carbons (Fsp3) is 0.438. The molecule has 1 amide bonds. The number of benzene rings is 1. The molecule has 0 bridgehead atoms. The highest BCUT2D eigenvalue weighted by atomic mass is 79.9. The van der Waals surface area contributed by atoms with E-state index in [1.54, 1.807) is 0 Å². The van der Waals surface area contributed by atoms with E-state index >= 15 is 0 Å². The zero-order chi connectivity index (χ0) is 15.2. The smallest absolute Gasteiger partial charge is 0.289 e. The Labute approximate surface area is 144 Å². The van der Waals surface area contributed by atoms with E-state index in [-0.39, 0.29) is 29.8 Å². The highest BCUT2D eigenvalue weighted by Gasteiger charge is 2.36. The average Bonchev–Trinajstić information content (AvgIpc) is 2.83. The number of likely N-dealkylation sites (tertiary alicyclic amines) is 1. The number of fused-ring (bicyclic) bond motifs is 1. The van der Waals surface area contributed by atoms with Crippen LogP contribution in [0.3, 0.4) is 0 Å². The van der Waals surface area contributed by atoms with Crippen LogP contribution in [0.5, 0.6) is 0 Å².